The zero-order chi connectivity index (χ0) is 20.0. The van der Waals surface area contributed by atoms with Crippen LogP contribution in [0, 0.1) is 0 Å². The van der Waals surface area contributed by atoms with Crippen molar-refractivity contribution in [1.29, 1.82) is 0 Å². The number of methoxy groups -OCH3 is 1. The predicted molar refractivity (Wildman–Crippen MR) is 107 cm³/mol. The minimum Gasteiger partial charge on any atom is -0.497 e. The molecule has 0 spiro atoms. The van der Waals surface area contributed by atoms with E-state index in [0.717, 1.165) is 10.7 Å². The fourth-order valence-corrected chi connectivity index (χ4v) is 3.97. The fraction of sp³-hybridized carbons (Fsp3) is 0.316. The zero-order valence-electron chi connectivity index (χ0n) is 15.5. The number of anilines is 1. The third kappa shape index (κ3) is 5.37. The van der Waals surface area contributed by atoms with Gasteiger partial charge in [-0.2, -0.15) is 0 Å². The quantitative estimate of drug-likeness (QED) is 0.723. The van der Waals surface area contributed by atoms with Gasteiger partial charge >= 0.3 is 0 Å². The number of rotatable bonds is 8. The Morgan fingerprint density at radius 1 is 1.22 bits per heavy atom. The molecule has 0 saturated carbocycles. The van der Waals surface area contributed by atoms with E-state index in [1.165, 1.54) is 25.3 Å². The summed E-state index contributed by atoms with van der Waals surface area (Å²) in [4.78, 5) is 12.4. The van der Waals surface area contributed by atoms with Crippen molar-refractivity contribution in [2.45, 2.75) is 31.2 Å². The molecule has 1 atom stereocenters. The minimum atomic E-state index is -3.98. The van der Waals surface area contributed by atoms with E-state index in [1.54, 1.807) is 30.3 Å². The van der Waals surface area contributed by atoms with Gasteiger partial charge in [0.15, 0.2) is 0 Å². The number of carbonyl (C=O) groups is 1. The molecule has 27 heavy (non-hydrogen) atoms. The summed E-state index contributed by atoms with van der Waals surface area (Å²) in [5.74, 6) is 0.152. The summed E-state index contributed by atoms with van der Waals surface area (Å²) in [7, 11) is -2.47. The van der Waals surface area contributed by atoms with Crippen LogP contribution >= 0.6 is 11.6 Å². The highest BCUT2D eigenvalue weighted by Gasteiger charge is 2.27. The van der Waals surface area contributed by atoms with Crippen molar-refractivity contribution in [3.63, 3.8) is 0 Å². The van der Waals surface area contributed by atoms with Crippen molar-refractivity contribution in [3.8, 4) is 5.75 Å². The first-order valence-corrected chi connectivity index (χ1v) is 10.3. The zero-order valence-corrected chi connectivity index (χ0v) is 17.0. The first-order valence-electron chi connectivity index (χ1n) is 8.49. The molecule has 0 saturated heterocycles. The third-order valence-corrected chi connectivity index (χ3v) is 6.07. The number of amides is 1. The molecule has 0 aromatic heterocycles. The van der Waals surface area contributed by atoms with E-state index < -0.39 is 10.0 Å². The molecule has 1 N–H and O–H groups in total. The molecule has 1 amide bonds. The second-order valence-corrected chi connectivity index (χ2v) is 8.34. The number of benzene rings is 2. The first-order chi connectivity index (χ1) is 12.8. The van der Waals surface area contributed by atoms with Gasteiger partial charge in [0.2, 0.25) is 5.91 Å². The smallest absolute Gasteiger partial charge is 0.264 e. The number of halogens is 1. The molecule has 0 radical (unpaired) electrons. The van der Waals surface area contributed by atoms with E-state index in [1.807, 2.05) is 13.8 Å². The van der Waals surface area contributed by atoms with Crippen LogP contribution in [0.4, 0.5) is 5.69 Å². The number of nitrogens with zero attached hydrogens (tertiary/aromatic N) is 1. The Bertz CT molecular complexity index is 885. The van der Waals surface area contributed by atoms with E-state index in [-0.39, 0.29) is 23.4 Å². The molecule has 0 aliphatic rings. The molecule has 8 heteroatoms. The molecule has 2 aromatic carbocycles. The van der Waals surface area contributed by atoms with Crippen molar-refractivity contribution in [2.24, 2.45) is 0 Å². The lowest BCUT2D eigenvalue weighted by atomic mass is 10.2. The van der Waals surface area contributed by atoms with Gasteiger partial charge in [-0.1, -0.05) is 24.6 Å². The van der Waals surface area contributed by atoms with Crippen LogP contribution in [0.2, 0.25) is 5.02 Å². The highest BCUT2D eigenvalue weighted by atomic mass is 35.5. The van der Waals surface area contributed by atoms with E-state index in [9.17, 15) is 13.2 Å². The van der Waals surface area contributed by atoms with Gasteiger partial charge in [0, 0.05) is 11.1 Å². The number of hydrogen-bond donors (Lipinski definition) is 1. The van der Waals surface area contributed by atoms with Gasteiger partial charge in [-0.15, -0.1) is 0 Å². The lowest BCUT2D eigenvalue weighted by Gasteiger charge is -2.25. The van der Waals surface area contributed by atoms with Gasteiger partial charge in [-0.25, -0.2) is 8.42 Å². The molecular weight excluding hydrogens is 388 g/mol. The minimum absolute atomic E-state index is 0.0533. The summed E-state index contributed by atoms with van der Waals surface area (Å²) < 4.78 is 32.5. The van der Waals surface area contributed by atoms with E-state index in [4.69, 9.17) is 16.3 Å². The van der Waals surface area contributed by atoms with E-state index in [2.05, 4.69) is 5.32 Å². The Morgan fingerprint density at radius 3 is 2.44 bits per heavy atom. The second kappa shape index (κ2) is 9.10. The van der Waals surface area contributed by atoms with Crippen LogP contribution in [0.15, 0.2) is 53.4 Å². The molecule has 0 fully saturated rings. The molecule has 0 aliphatic carbocycles. The molecule has 2 aromatic rings. The number of ether oxygens (including phenoxy) is 1. The number of nitrogens with one attached hydrogen (secondary N) is 1. The van der Waals surface area contributed by atoms with Crippen LogP contribution in [0.25, 0.3) is 0 Å². The standard InChI is InChI=1S/C19H23ClN2O4S/c1-4-14(2)21-19(23)13-22(16-7-5-6-15(20)12-16)27(24,25)18-10-8-17(26-3)9-11-18/h5-12,14H,4,13H2,1-3H3,(H,21,23). The highest BCUT2D eigenvalue weighted by molar-refractivity contribution is 7.92. The lowest BCUT2D eigenvalue weighted by Crippen LogP contribution is -2.43. The van der Waals surface area contributed by atoms with Crippen LogP contribution in [0.3, 0.4) is 0 Å². The summed E-state index contributed by atoms with van der Waals surface area (Å²) in [5.41, 5.74) is 0.317. The van der Waals surface area contributed by atoms with Gasteiger partial charge < -0.3 is 10.1 Å². The largest absolute Gasteiger partial charge is 0.497 e. The average molecular weight is 411 g/mol. The Balaban J connectivity index is 2.42. The molecule has 146 valence electrons. The van der Waals surface area contributed by atoms with Crippen molar-refractivity contribution in [3.05, 3.63) is 53.6 Å². The van der Waals surface area contributed by atoms with E-state index in [0.29, 0.717) is 16.5 Å². The monoisotopic (exact) mass is 410 g/mol. The number of sulfonamides is 1. The van der Waals surface area contributed by atoms with Gasteiger partial charge in [0.25, 0.3) is 10.0 Å². The van der Waals surface area contributed by atoms with Gasteiger partial charge in [-0.05, 0) is 55.8 Å². The first kappa shape index (κ1) is 21.1. The van der Waals surface area contributed by atoms with Gasteiger partial charge in [-0.3, -0.25) is 9.10 Å². The molecule has 0 aliphatic heterocycles. The predicted octanol–water partition coefficient (Wildman–Crippen LogP) is 3.46. The maximum absolute atomic E-state index is 13.2. The molecule has 1 unspecified atom stereocenters. The van der Waals surface area contributed by atoms with E-state index >= 15 is 0 Å². The number of hydrogen-bond acceptors (Lipinski definition) is 4. The molecule has 2 rings (SSSR count). The summed E-state index contributed by atoms with van der Waals surface area (Å²) in [5, 5.41) is 3.17. The average Bonchev–Trinajstić information content (AvgIpc) is 2.65. The van der Waals surface area contributed by atoms with Gasteiger partial charge in [0.1, 0.15) is 12.3 Å². The number of carbonyl (C=O) groups excluding carboxylic acids is 1. The fourth-order valence-electron chi connectivity index (χ4n) is 2.37. The van der Waals surface area contributed by atoms with Crippen LogP contribution in [0.1, 0.15) is 20.3 Å². The lowest BCUT2D eigenvalue weighted by molar-refractivity contribution is -0.120. The molecular formula is C19H23ClN2O4S. The van der Waals surface area contributed by atoms with Crippen LogP contribution in [0.5, 0.6) is 5.75 Å². The Hall–Kier alpha value is -2.25. The second-order valence-electron chi connectivity index (χ2n) is 6.04. The van der Waals surface area contributed by atoms with Gasteiger partial charge in [0.05, 0.1) is 17.7 Å². The molecule has 0 heterocycles. The van der Waals surface area contributed by atoms with Crippen molar-refractivity contribution in [1.82, 2.24) is 5.32 Å². The Morgan fingerprint density at radius 2 is 1.89 bits per heavy atom. The summed E-state index contributed by atoms with van der Waals surface area (Å²) in [6.45, 7) is 3.45. The van der Waals surface area contributed by atoms with Crippen molar-refractivity contribution in [2.75, 3.05) is 18.0 Å². The van der Waals surface area contributed by atoms with Crippen LogP contribution < -0.4 is 14.4 Å². The SMILES string of the molecule is CCC(C)NC(=O)CN(c1cccc(Cl)c1)S(=O)(=O)c1ccc(OC)cc1. The summed E-state index contributed by atoms with van der Waals surface area (Å²) in [6.07, 6.45) is 0.744. The van der Waals surface area contributed by atoms with Crippen LogP contribution in [-0.2, 0) is 14.8 Å². The van der Waals surface area contributed by atoms with Crippen molar-refractivity contribution < 1.29 is 17.9 Å². The third-order valence-electron chi connectivity index (χ3n) is 4.05. The van der Waals surface area contributed by atoms with Crippen LogP contribution in [-0.4, -0.2) is 34.0 Å². The van der Waals surface area contributed by atoms with Crippen molar-refractivity contribution >= 4 is 33.2 Å². The topological polar surface area (TPSA) is 75.7 Å². The molecule has 0 bridgehead atoms. The summed E-state index contributed by atoms with van der Waals surface area (Å²) in [6, 6.07) is 12.3. The highest BCUT2D eigenvalue weighted by Crippen LogP contribution is 2.27. The molecule has 6 nitrogen and oxygen atoms in total. The summed E-state index contributed by atoms with van der Waals surface area (Å²) >= 11 is 6.03. The Labute approximate surface area is 165 Å². The maximum Gasteiger partial charge on any atom is 0.264 e. The normalized spacial score (nSPS) is 12.3. The maximum atomic E-state index is 13.2. The Kier molecular flexibility index (Phi) is 7.10.